The number of carbonyl (C=O) groups is 2. The third kappa shape index (κ3) is 6.39. The molecule has 6 nitrogen and oxygen atoms in total. The summed E-state index contributed by atoms with van der Waals surface area (Å²) < 4.78 is 20.4. The summed E-state index contributed by atoms with van der Waals surface area (Å²) in [6.45, 7) is 2.00. The van der Waals surface area contributed by atoms with Gasteiger partial charge in [0.15, 0.2) is 5.12 Å². The van der Waals surface area contributed by atoms with Crippen molar-refractivity contribution in [3.05, 3.63) is 0 Å². The summed E-state index contributed by atoms with van der Waals surface area (Å²) in [5.41, 5.74) is -1.23. The molecule has 1 N–H and O–H groups in total. The van der Waals surface area contributed by atoms with Crippen LogP contribution in [0.5, 0.6) is 0 Å². The Labute approximate surface area is 123 Å². The van der Waals surface area contributed by atoms with E-state index in [1.807, 2.05) is 0 Å². The van der Waals surface area contributed by atoms with Gasteiger partial charge in [-0.05, 0) is 6.42 Å². The van der Waals surface area contributed by atoms with Crippen LogP contribution in [0, 0.1) is 0 Å². The van der Waals surface area contributed by atoms with Crippen LogP contribution in [0.3, 0.4) is 0 Å². The summed E-state index contributed by atoms with van der Waals surface area (Å²) in [7, 11) is -4.25. The second-order valence-corrected chi connectivity index (χ2v) is 7.41. The molecular weight excluding hydrogens is 303 g/mol. The zero-order chi connectivity index (χ0) is 15.0. The van der Waals surface area contributed by atoms with Gasteiger partial charge >= 0.3 is 13.3 Å². The second kappa shape index (κ2) is 8.82. The number of hydrogen-bond acceptors (Lipinski definition) is 6. The minimum atomic E-state index is -4.25. The predicted octanol–water partition coefficient (Wildman–Crippen LogP) is 3.33. The molecule has 1 heterocycles. The Kier molecular flexibility index (Phi) is 7.80. The molecule has 0 spiro atoms. The molecule has 0 aromatic rings. The molecule has 0 aliphatic carbocycles. The summed E-state index contributed by atoms with van der Waals surface area (Å²) in [5, 5.41) is 0.0512. The Morgan fingerprint density at radius 3 is 2.75 bits per heavy atom. The average Bonchev–Trinajstić information content (AvgIpc) is 2.40. The topological polar surface area (TPSA) is 89.9 Å². The predicted molar refractivity (Wildman–Crippen MR) is 76.9 cm³/mol. The number of carbonyl (C=O) groups excluding carboxylic acids is 2. The van der Waals surface area contributed by atoms with Crippen LogP contribution in [-0.2, 0) is 18.6 Å². The summed E-state index contributed by atoms with van der Waals surface area (Å²) in [6, 6.07) is 0. The molecule has 1 aliphatic heterocycles. The highest BCUT2D eigenvalue weighted by Gasteiger charge is 2.40. The van der Waals surface area contributed by atoms with Crippen LogP contribution < -0.4 is 0 Å². The summed E-state index contributed by atoms with van der Waals surface area (Å²) in [4.78, 5) is 31.7. The Bertz CT molecular complexity index is 386. The number of ether oxygens (including phenoxy) is 1. The molecule has 0 amide bonds. The van der Waals surface area contributed by atoms with Crippen molar-refractivity contribution < 1.29 is 28.3 Å². The molecule has 0 saturated carbocycles. The minimum Gasteiger partial charge on any atom is -0.450 e. The molecule has 1 saturated heterocycles. The van der Waals surface area contributed by atoms with Crippen LogP contribution in [0.1, 0.15) is 45.4 Å². The molecule has 1 aliphatic rings. The Morgan fingerprint density at radius 2 is 2.10 bits per heavy atom. The molecule has 1 rings (SSSR count). The standard InChI is InChI=1S/C12H21O6PS/c1-2-3-4-5-6-7-11(13)20-9-10-8-17-19(15,16)12(14)18-10/h10H,2-9H2,1H3,(H,15,16). The van der Waals surface area contributed by atoms with E-state index in [0.717, 1.165) is 31.0 Å². The van der Waals surface area contributed by atoms with Crippen LogP contribution in [0.15, 0.2) is 0 Å². The monoisotopic (exact) mass is 324 g/mol. The van der Waals surface area contributed by atoms with E-state index in [2.05, 4.69) is 11.4 Å². The summed E-state index contributed by atoms with van der Waals surface area (Å²) in [5.74, 6) is 0.263. The van der Waals surface area contributed by atoms with Crippen LogP contribution in [-0.4, -0.2) is 34.2 Å². The van der Waals surface area contributed by atoms with E-state index in [9.17, 15) is 14.2 Å². The lowest BCUT2D eigenvalue weighted by Gasteiger charge is -2.24. The maximum Gasteiger partial charge on any atom is 0.436 e. The summed E-state index contributed by atoms with van der Waals surface area (Å²) >= 11 is 1.08. The zero-order valence-corrected chi connectivity index (χ0v) is 13.3. The highest BCUT2D eigenvalue weighted by molar-refractivity contribution is 8.13. The Morgan fingerprint density at radius 1 is 1.40 bits per heavy atom. The van der Waals surface area contributed by atoms with Crippen LogP contribution in [0.25, 0.3) is 0 Å². The minimum absolute atomic E-state index is 0.0512. The lowest BCUT2D eigenvalue weighted by Crippen LogP contribution is -2.30. The molecule has 0 aromatic carbocycles. The zero-order valence-electron chi connectivity index (χ0n) is 11.6. The van der Waals surface area contributed by atoms with Crippen molar-refractivity contribution in [3.8, 4) is 0 Å². The Balaban J connectivity index is 2.13. The van der Waals surface area contributed by atoms with Crippen molar-refractivity contribution in [1.29, 1.82) is 0 Å². The number of unbranched alkanes of at least 4 members (excludes halogenated alkanes) is 4. The van der Waals surface area contributed by atoms with Gasteiger partial charge in [-0.3, -0.25) is 9.32 Å². The smallest absolute Gasteiger partial charge is 0.436 e. The first-order valence-corrected chi connectivity index (χ1v) is 9.36. The van der Waals surface area contributed by atoms with Gasteiger partial charge in [0.25, 0.3) is 0 Å². The highest BCUT2D eigenvalue weighted by atomic mass is 32.2. The van der Waals surface area contributed by atoms with E-state index in [-0.39, 0.29) is 17.5 Å². The maximum absolute atomic E-state index is 11.6. The molecular formula is C12H21O6PS. The average molecular weight is 324 g/mol. The van der Waals surface area contributed by atoms with E-state index in [4.69, 9.17) is 9.63 Å². The number of rotatable bonds is 8. The Hall–Kier alpha value is -0.360. The van der Waals surface area contributed by atoms with Crippen LogP contribution >= 0.6 is 19.4 Å². The van der Waals surface area contributed by atoms with Crippen LogP contribution in [0.4, 0.5) is 4.79 Å². The molecule has 0 bridgehead atoms. The van der Waals surface area contributed by atoms with Crippen molar-refractivity contribution in [1.82, 2.24) is 0 Å². The van der Waals surface area contributed by atoms with Gasteiger partial charge in [0.05, 0.1) is 6.61 Å². The number of hydrogen-bond donors (Lipinski definition) is 1. The molecule has 20 heavy (non-hydrogen) atoms. The van der Waals surface area contributed by atoms with Gasteiger partial charge in [-0.15, -0.1) is 0 Å². The molecule has 2 unspecified atom stereocenters. The van der Waals surface area contributed by atoms with Gasteiger partial charge in [-0.1, -0.05) is 44.4 Å². The van der Waals surface area contributed by atoms with Crippen LogP contribution in [0.2, 0.25) is 0 Å². The fraction of sp³-hybridized carbons (Fsp3) is 0.833. The van der Waals surface area contributed by atoms with Gasteiger partial charge < -0.3 is 9.63 Å². The molecule has 116 valence electrons. The van der Waals surface area contributed by atoms with Crippen molar-refractivity contribution in [3.63, 3.8) is 0 Å². The van der Waals surface area contributed by atoms with E-state index in [1.54, 1.807) is 0 Å². The van der Waals surface area contributed by atoms with Crippen molar-refractivity contribution in [2.45, 2.75) is 51.6 Å². The molecule has 2 atom stereocenters. The normalized spacial score (nSPS) is 26.3. The molecule has 1 fully saturated rings. The third-order valence-electron chi connectivity index (χ3n) is 2.85. The first-order valence-electron chi connectivity index (χ1n) is 6.80. The molecule has 0 aromatic heterocycles. The molecule has 8 heteroatoms. The first kappa shape index (κ1) is 17.7. The fourth-order valence-corrected chi connectivity index (χ4v) is 3.27. The third-order valence-corrected chi connectivity index (χ3v) is 4.98. The van der Waals surface area contributed by atoms with Gasteiger partial charge in [0.2, 0.25) is 0 Å². The lowest BCUT2D eigenvalue weighted by molar-refractivity contribution is -0.111. The fourth-order valence-electron chi connectivity index (χ4n) is 1.69. The first-order chi connectivity index (χ1) is 9.45. The number of cyclic esters (lactones) is 1. The van der Waals surface area contributed by atoms with Gasteiger partial charge in [-0.2, -0.15) is 0 Å². The van der Waals surface area contributed by atoms with Gasteiger partial charge in [-0.25, -0.2) is 9.36 Å². The van der Waals surface area contributed by atoms with Gasteiger partial charge in [0.1, 0.15) is 6.10 Å². The van der Waals surface area contributed by atoms with E-state index in [0.29, 0.717) is 6.42 Å². The van der Waals surface area contributed by atoms with Crippen molar-refractivity contribution in [2.24, 2.45) is 0 Å². The van der Waals surface area contributed by atoms with Crippen molar-refractivity contribution in [2.75, 3.05) is 12.4 Å². The number of thioether (sulfide) groups is 1. The van der Waals surface area contributed by atoms with E-state index < -0.39 is 19.4 Å². The van der Waals surface area contributed by atoms with E-state index in [1.165, 1.54) is 12.8 Å². The quantitative estimate of drug-likeness (QED) is 0.541. The maximum atomic E-state index is 11.6. The largest absolute Gasteiger partial charge is 0.450 e. The summed E-state index contributed by atoms with van der Waals surface area (Å²) in [6.07, 6.45) is 5.31. The molecule has 0 radical (unpaired) electrons. The van der Waals surface area contributed by atoms with Crippen molar-refractivity contribution >= 4 is 30.2 Å². The highest BCUT2D eigenvalue weighted by Crippen LogP contribution is 2.47. The van der Waals surface area contributed by atoms with E-state index >= 15 is 0 Å². The lowest BCUT2D eigenvalue weighted by atomic mass is 10.1. The van der Waals surface area contributed by atoms with Gasteiger partial charge in [0, 0.05) is 12.2 Å². The second-order valence-electron chi connectivity index (χ2n) is 4.67. The SMILES string of the molecule is CCCCCCCC(=O)SCC1COP(=O)(O)C(=O)O1.